The highest BCUT2D eigenvalue weighted by Gasteiger charge is 2.24. The summed E-state index contributed by atoms with van der Waals surface area (Å²) < 4.78 is 0. The Hall–Kier alpha value is -0.130. The van der Waals surface area contributed by atoms with Crippen LogP contribution in [0.4, 0.5) is 0 Å². The van der Waals surface area contributed by atoms with Crippen molar-refractivity contribution in [3.63, 3.8) is 0 Å². The minimum Gasteiger partial charge on any atom is -0.323 e. The first-order chi connectivity index (χ1) is 5.70. The summed E-state index contributed by atoms with van der Waals surface area (Å²) >= 11 is 0. The van der Waals surface area contributed by atoms with Crippen LogP contribution >= 0.6 is 9.24 Å². The predicted octanol–water partition coefficient (Wildman–Crippen LogP) is 2.24. The molecule has 1 saturated carbocycles. The van der Waals surface area contributed by atoms with Gasteiger partial charge in [0.25, 0.3) is 0 Å². The predicted molar refractivity (Wildman–Crippen MR) is 58.2 cm³/mol. The van der Waals surface area contributed by atoms with E-state index < -0.39 is 0 Å². The van der Waals surface area contributed by atoms with Crippen molar-refractivity contribution in [1.29, 1.82) is 0 Å². The zero-order chi connectivity index (χ0) is 9.14. The average Bonchev–Trinajstić information content (AvgIpc) is 2.09. The minimum absolute atomic E-state index is 0.222. The van der Waals surface area contributed by atoms with Gasteiger partial charge in [0.05, 0.1) is 0 Å². The standard InChI is InChI=1S/C10H18NP/c1-3-7-5-6-9(12)10(11)8(7)4-2/h3-4,9-10H,5-6,11-12H2,1-2H3/b7-3-,8-4+. The number of hydrogen-bond acceptors (Lipinski definition) is 1. The van der Waals surface area contributed by atoms with Gasteiger partial charge in [-0.05, 0) is 43.5 Å². The van der Waals surface area contributed by atoms with Gasteiger partial charge in [-0.25, -0.2) is 0 Å². The summed E-state index contributed by atoms with van der Waals surface area (Å²) in [5, 5.41) is 0. The van der Waals surface area contributed by atoms with Gasteiger partial charge in [0.2, 0.25) is 0 Å². The highest BCUT2D eigenvalue weighted by Crippen LogP contribution is 2.31. The van der Waals surface area contributed by atoms with Gasteiger partial charge in [-0.2, -0.15) is 0 Å². The molecule has 0 bridgehead atoms. The molecule has 0 amide bonds. The quantitative estimate of drug-likeness (QED) is 0.573. The van der Waals surface area contributed by atoms with Gasteiger partial charge in [-0.1, -0.05) is 12.2 Å². The molecule has 0 saturated heterocycles. The molecule has 1 rings (SSSR count). The van der Waals surface area contributed by atoms with E-state index in [1.165, 1.54) is 24.0 Å². The molecule has 1 aliphatic carbocycles. The van der Waals surface area contributed by atoms with Crippen molar-refractivity contribution >= 4 is 9.24 Å². The lowest BCUT2D eigenvalue weighted by atomic mass is 9.85. The third-order valence-corrected chi connectivity index (χ3v) is 3.35. The van der Waals surface area contributed by atoms with Crippen molar-refractivity contribution in [2.24, 2.45) is 5.73 Å². The highest BCUT2D eigenvalue weighted by molar-refractivity contribution is 7.17. The van der Waals surface area contributed by atoms with Gasteiger partial charge in [-0.3, -0.25) is 0 Å². The maximum atomic E-state index is 6.07. The van der Waals surface area contributed by atoms with E-state index in [1.807, 2.05) is 0 Å². The maximum absolute atomic E-state index is 6.07. The van der Waals surface area contributed by atoms with Crippen molar-refractivity contribution in [2.75, 3.05) is 0 Å². The monoisotopic (exact) mass is 183 g/mol. The summed E-state index contributed by atoms with van der Waals surface area (Å²) in [5.74, 6) is 0. The topological polar surface area (TPSA) is 26.0 Å². The molecule has 0 spiro atoms. The third kappa shape index (κ3) is 1.78. The van der Waals surface area contributed by atoms with Gasteiger partial charge in [0, 0.05) is 6.04 Å². The van der Waals surface area contributed by atoms with E-state index >= 15 is 0 Å². The zero-order valence-corrected chi connectivity index (χ0v) is 9.03. The smallest absolute Gasteiger partial charge is 0.0357 e. The van der Waals surface area contributed by atoms with E-state index in [1.54, 1.807) is 0 Å². The molecule has 0 heterocycles. The summed E-state index contributed by atoms with van der Waals surface area (Å²) in [4.78, 5) is 0. The van der Waals surface area contributed by atoms with Crippen LogP contribution in [0.1, 0.15) is 26.7 Å². The second-order valence-corrected chi connectivity index (χ2v) is 4.14. The van der Waals surface area contributed by atoms with Crippen molar-refractivity contribution in [2.45, 2.75) is 38.4 Å². The third-order valence-electron chi connectivity index (χ3n) is 2.60. The first-order valence-electron chi connectivity index (χ1n) is 4.53. The molecule has 3 unspecified atom stereocenters. The van der Waals surface area contributed by atoms with Crippen LogP contribution in [0, 0.1) is 0 Å². The molecule has 2 N–H and O–H groups in total. The van der Waals surface area contributed by atoms with E-state index in [0.29, 0.717) is 5.66 Å². The number of hydrogen-bond donors (Lipinski definition) is 1. The average molecular weight is 183 g/mol. The molecule has 0 aliphatic heterocycles. The molecule has 0 aromatic rings. The Morgan fingerprint density at radius 3 is 2.58 bits per heavy atom. The second kappa shape index (κ2) is 4.20. The summed E-state index contributed by atoms with van der Waals surface area (Å²) in [6.45, 7) is 4.16. The number of allylic oxidation sites excluding steroid dienone is 2. The van der Waals surface area contributed by atoms with Crippen molar-refractivity contribution < 1.29 is 0 Å². The van der Waals surface area contributed by atoms with Crippen LogP contribution < -0.4 is 5.73 Å². The van der Waals surface area contributed by atoms with E-state index in [-0.39, 0.29) is 6.04 Å². The van der Waals surface area contributed by atoms with Crippen LogP contribution in [-0.2, 0) is 0 Å². The van der Waals surface area contributed by atoms with Crippen LogP contribution in [0.5, 0.6) is 0 Å². The van der Waals surface area contributed by atoms with Gasteiger partial charge >= 0.3 is 0 Å². The molecule has 1 nitrogen and oxygen atoms in total. The Morgan fingerprint density at radius 1 is 1.42 bits per heavy atom. The summed E-state index contributed by atoms with van der Waals surface area (Å²) in [7, 11) is 2.84. The first-order valence-corrected chi connectivity index (χ1v) is 5.20. The fourth-order valence-corrected chi connectivity index (χ4v) is 2.15. The molecule has 1 aliphatic rings. The zero-order valence-electron chi connectivity index (χ0n) is 7.88. The van der Waals surface area contributed by atoms with Crippen molar-refractivity contribution in [3.05, 3.63) is 23.3 Å². The van der Waals surface area contributed by atoms with Gasteiger partial charge < -0.3 is 5.73 Å². The molecular weight excluding hydrogens is 165 g/mol. The van der Waals surface area contributed by atoms with Crippen LogP contribution in [0.2, 0.25) is 0 Å². The Labute approximate surface area is 77.3 Å². The summed E-state index contributed by atoms with van der Waals surface area (Å²) in [5.41, 5.74) is 9.40. The Morgan fingerprint density at radius 2 is 2.08 bits per heavy atom. The Bertz CT molecular complexity index is 218. The molecule has 0 radical (unpaired) electrons. The van der Waals surface area contributed by atoms with E-state index in [4.69, 9.17) is 5.73 Å². The van der Waals surface area contributed by atoms with Crippen LogP contribution in [0.15, 0.2) is 23.3 Å². The van der Waals surface area contributed by atoms with E-state index in [9.17, 15) is 0 Å². The Balaban J connectivity index is 2.87. The fourth-order valence-electron chi connectivity index (χ4n) is 1.78. The first kappa shape index (κ1) is 9.95. The lowest BCUT2D eigenvalue weighted by Crippen LogP contribution is -2.36. The molecule has 68 valence electrons. The van der Waals surface area contributed by atoms with Gasteiger partial charge in [-0.15, -0.1) is 9.24 Å². The molecule has 0 aromatic carbocycles. The molecule has 0 aromatic heterocycles. The molecule has 2 heteroatoms. The molecule has 12 heavy (non-hydrogen) atoms. The molecule has 3 atom stereocenters. The summed E-state index contributed by atoms with van der Waals surface area (Å²) in [6, 6.07) is 0.222. The molecule has 1 fully saturated rings. The number of rotatable bonds is 0. The lowest BCUT2D eigenvalue weighted by molar-refractivity contribution is 0.614. The van der Waals surface area contributed by atoms with Crippen LogP contribution in [0.25, 0.3) is 0 Å². The van der Waals surface area contributed by atoms with Crippen LogP contribution in [-0.4, -0.2) is 11.7 Å². The second-order valence-electron chi connectivity index (χ2n) is 3.29. The minimum atomic E-state index is 0.222. The normalized spacial score (nSPS) is 37.7. The largest absolute Gasteiger partial charge is 0.323 e. The Kier molecular flexibility index (Phi) is 3.49. The van der Waals surface area contributed by atoms with E-state index in [2.05, 4.69) is 35.2 Å². The highest BCUT2D eigenvalue weighted by atomic mass is 31.0. The SMILES string of the molecule is C/C=C1/CCC(P)C(N)/C1=C/C. The van der Waals surface area contributed by atoms with Crippen LogP contribution in [0.3, 0.4) is 0 Å². The van der Waals surface area contributed by atoms with Crippen molar-refractivity contribution in [3.8, 4) is 0 Å². The summed E-state index contributed by atoms with van der Waals surface area (Å²) in [6.07, 6.45) is 6.71. The number of nitrogens with two attached hydrogens (primary N) is 1. The van der Waals surface area contributed by atoms with Gasteiger partial charge in [0.15, 0.2) is 0 Å². The van der Waals surface area contributed by atoms with E-state index in [0.717, 1.165) is 0 Å². The van der Waals surface area contributed by atoms with Gasteiger partial charge in [0.1, 0.15) is 0 Å². The fraction of sp³-hybridized carbons (Fsp3) is 0.600. The van der Waals surface area contributed by atoms with Crippen molar-refractivity contribution in [1.82, 2.24) is 0 Å². The maximum Gasteiger partial charge on any atom is 0.0357 e. The lowest BCUT2D eigenvalue weighted by Gasteiger charge is -2.30. The molecular formula is C10H18NP.